The number of benzene rings is 2. The van der Waals surface area contributed by atoms with Crippen molar-refractivity contribution in [2.75, 3.05) is 16.8 Å². The molecule has 124 valence electrons. The van der Waals surface area contributed by atoms with Crippen LogP contribution < -0.4 is 15.5 Å². The maximum Gasteiger partial charge on any atom is 0.327 e. The molecule has 1 aliphatic heterocycles. The number of fused-ring (bicyclic) bond motifs is 1. The minimum absolute atomic E-state index is 0.153. The van der Waals surface area contributed by atoms with E-state index in [0.29, 0.717) is 23.7 Å². The third kappa shape index (κ3) is 3.21. The summed E-state index contributed by atoms with van der Waals surface area (Å²) in [6.07, 6.45) is 0.510. The summed E-state index contributed by atoms with van der Waals surface area (Å²) in [5, 5.41) is 6.22. The zero-order chi connectivity index (χ0) is 17.1. The van der Waals surface area contributed by atoms with E-state index in [9.17, 15) is 9.59 Å². The Kier molecular flexibility index (Phi) is 4.71. The van der Waals surface area contributed by atoms with Crippen LogP contribution >= 0.6 is 11.6 Å². The molecule has 5 nitrogen and oxygen atoms in total. The first-order valence-electron chi connectivity index (χ1n) is 7.81. The van der Waals surface area contributed by atoms with Gasteiger partial charge in [-0.05, 0) is 42.8 Å². The molecule has 1 heterocycles. The lowest BCUT2D eigenvalue weighted by Crippen LogP contribution is -2.49. The number of urea groups is 1. The fourth-order valence-corrected chi connectivity index (χ4v) is 2.98. The van der Waals surface area contributed by atoms with E-state index in [-0.39, 0.29) is 11.9 Å². The third-order valence-corrected chi connectivity index (χ3v) is 4.20. The number of rotatable bonds is 3. The molecule has 0 radical (unpaired) electrons. The second-order valence-corrected chi connectivity index (χ2v) is 5.99. The van der Waals surface area contributed by atoms with Crippen molar-refractivity contribution >= 4 is 34.9 Å². The van der Waals surface area contributed by atoms with Gasteiger partial charge in [0.05, 0.1) is 0 Å². The van der Waals surface area contributed by atoms with E-state index in [4.69, 9.17) is 11.6 Å². The molecule has 3 rings (SSSR count). The molecule has 0 bridgehead atoms. The van der Waals surface area contributed by atoms with Crippen molar-refractivity contribution in [2.24, 2.45) is 0 Å². The highest BCUT2D eigenvalue weighted by atomic mass is 35.5. The van der Waals surface area contributed by atoms with Gasteiger partial charge in [-0.1, -0.05) is 29.8 Å². The summed E-state index contributed by atoms with van der Waals surface area (Å²) >= 11 is 5.87. The standard InChI is InChI=1S/C18H18ClN3O2/c1-2-20-17(23)16-11-12-5-3-4-6-15(12)22(16)18(24)21-14-9-7-13(19)8-10-14/h3-10,16H,2,11H2,1H3,(H,20,23)(H,21,24). The predicted molar refractivity (Wildman–Crippen MR) is 95.6 cm³/mol. The maximum absolute atomic E-state index is 12.8. The number of carbonyl (C=O) groups is 2. The zero-order valence-corrected chi connectivity index (χ0v) is 14.0. The first-order valence-corrected chi connectivity index (χ1v) is 8.19. The lowest BCUT2D eigenvalue weighted by molar-refractivity contribution is -0.122. The van der Waals surface area contributed by atoms with Gasteiger partial charge in [0.1, 0.15) is 6.04 Å². The number of nitrogens with one attached hydrogen (secondary N) is 2. The average molecular weight is 344 g/mol. The SMILES string of the molecule is CCNC(=O)C1Cc2ccccc2N1C(=O)Nc1ccc(Cl)cc1. The van der Waals surface area contributed by atoms with E-state index in [1.807, 2.05) is 31.2 Å². The molecule has 0 saturated heterocycles. The van der Waals surface area contributed by atoms with Crippen LogP contribution in [0.5, 0.6) is 0 Å². The van der Waals surface area contributed by atoms with Crippen LogP contribution in [0.25, 0.3) is 0 Å². The summed E-state index contributed by atoms with van der Waals surface area (Å²) in [6.45, 7) is 2.39. The van der Waals surface area contributed by atoms with Crippen molar-refractivity contribution in [1.82, 2.24) is 5.32 Å². The molecule has 24 heavy (non-hydrogen) atoms. The van der Waals surface area contributed by atoms with E-state index in [1.54, 1.807) is 24.3 Å². The van der Waals surface area contributed by atoms with Crippen LogP contribution in [0.15, 0.2) is 48.5 Å². The lowest BCUT2D eigenvalue weighted by Gasteiger charge is -2.25. The van der Waals surface area contributed by atoms with E-state index in [2.05, 4.69) is 10.6 Å². The number of hydrogen-bond donors (Lipinski definition) is 2. The minimum Gasteiger partial charge on any atom is -0.355 e. The van der Waals surface area contributed by atoms with Crippen LogP contribution in [0.3, 0.4) is 0 Å². The first kappa shape index (κ1) is 16.3. The molecular formula is C18H18ClN3O2. The monoisotopic (exact) mass is 343 g/mol. The molecule has 2 N–H and O–H groups in total. The lowest BCUT2D eigenvalue weighted by atomic mass is 10.1. The molecule has 0 saturated carbocycles. The highest BCUT2D eigenvalue weighted by Gasteiger charge is 2.38. The van der Waals surface area contributed by atoms with Crippen LogP contribution in [-0.2, 0) is 11.2 Å². The van der Waals surface area contributed by atoms with Gasteiger partial charge in [0.15, 0.2) is 0 Å². The van der Waals surface area contributed by atoms with E-state index >= 15 is 0 Å². The Balaban J connectivity index is 1.87. The molecule has 0 aromatic heterocycles. The van der Waals surface area contributed by atoms with Gasteiger partial charge in [-0.15, -0.1) is 0 Å². The molecule has 0 aliphatic carbocycles. The normalized spacial score (nSPS) is 15.8. The molecule has 2 aromatic carbocycles. The van der Waals surface area contributed by atoms with E-state index < -0.39 is 6.04 Å². The Bertz CT molecular complexity index is 761. The Morgan fingerprint density at radius 1 is 1.17 bits per heavy atom. The van der Waals surface area contributed by atoms with E-state index in [1.165, 1.54) is 4.90 Å². The summed E-state index contributed by atoms with van der Waals surface area (Å²) in [4.78, 5) is 26.7. The Morgan fingerprint density at radius 3 is 2.58 bits per heavy atom. The molecule has 1 atom stereocenters. The van der Waals surface area contributed by atoms with Crippen LogP contribution in [0.4, 0.5) is 16.2 Å². The smallest absolute Gasteiger partial charge is 0.327 e. The molecule has 1 aliphatic rings. The maximum atomic E-state index is 12.8. The summed E-state index contributed by atoms with van der Waals surface area (Å²) in [6, 6.07) is 13.6. The number of halogens is 1. The van der Waals surface area contributed by atoms with Crippen molar-refractivity contribution in [3.8, 4) is 0 Å². The first-order chi connectivity index (χ1) is 11.6. The molecule has 0 spiro atoms. The van der Waals surface area contributed by atoms with Gasteiger partial charge in [0.25, 0.3) is 0 Å². The summed E-state index contributed by atoms with van der Waals surface area (Å²) in [5.74, 6) is -0.153. The Hall–Kier alpha value is -2.53. The highest BCUT2D eigenvalue weighted by Crippen LogP contribution is 2.32. The summed E-state index contributed by atoms with van der Waals surface area (Å²) < 4.78 is 0. The Labute approximate surface area is 145 Å². The quantitative estimate of drug-likeness (QED) is 0.896. The highest BCUT2D eigenvalue weighted by molar-refractivity contribution is 6.30. The van der Waals surface area contributed by atoms with Crippen LogP contribution in [0, 0.1) is 0 Å². The third-order valence-electron chi connectivity index (χ3n) is 3.94. The van der Waals surface area contributed by atoms with Crippen molar-refractivity contribution in [1.29, 1.82) is 0 Å². The number of hydrogen-bond acceptors (Lipinski definition) is 2. The number of nitrogens with zero attached hydrogens (tertiary/aromatic N) is 1. The van der Waals surface area contributed by atoms with E-state index in [0.717, 1.165) is 11.3 Å². The number of carbonyl (C=O) groups excluding carboxylic acids is 2. The van der Waals surface area contributed by atoms with Gasteiger partial charge in [0, 0.05) is 29.4 Å². The van der Waals surface area contributed by atoms with Gasteiger partial charge in [-0.3, -0.25) is 9.69 Å². The molecule has 6 heteroatoms. The largest absolute Gasteiger partial charge is 0.355 e. The van der Waals surface area contributed by atoms with Gasteiger partial charge in [-0.2, -0.15) is 0 Å². The van der Waals surface area contributed by atoms with Crippen LogP contribution in [0.1, 0.15) is 12.5 Å². The van der Waals surface area contributed by atoms with Gasteiger partial charge >= 0.3 is 6.03 Å². The summed E-state index contributed by atoms with van der Waals surface area (Å²) in [5.41, 5.74) is 2.38. The van der Waals surface area contributed by atoms with Gasteiger partial charge in [0.2, 0.25) is 5.91 Å². The zero-order valence-electron chi connectivity index (χ0n) is 13.3. The molecule has 0 fully saturated rings. The molecular weight excluding hydrogens is 326 g/mol. The fraction of sp³-hybridized carbons (Fsp3) is 0.222. The van der Waals surface area contributed by atoms with Crippen LogP contribution in [-0.4, -0.2) is 24.5 Å². The number of amides is 3. The molecule has 2 aromatic rings. The Morgan fingerprint density at radius 2 is 1.88 bits per heavy atom. The van der Waals surface area contributed by atoms with Crippen molar-refractivity contribution in [2.45, 2.75) is 19.4 Å². The van der Waals surface area contributed by atoms with Crippen molar-refractivity contribution in [3.63, 3.8) is 0 Å². The number of likely N-dealkylation sites (N-methyl/N-ethyl adjacent to an activating group) is 1. The van der Waals surface area contributed by atoms with Crippen molar-refractivity contribution in [3.05, 3.63) is 59.1 Å². The number of para-hydroxylation sites is 1. The fourth-order valence-electron chi connectivity index (χ4n) is 2.86. The second-order valence-electron chi connectivity index (χ2n) is 5.55. The minimum atomic E-state index is -0.547. The number of anilines is 2. The predicted octanol–water partition coefficient (Wildman–Crippen LogP) is 3.44. The average Bonchev–Trinajstić information content (AvgIpc) is 2.97. The van der Waals surface area contributed by atoms with Crippen molar-refractivity contribution < 1.29 is 9.59 Å². The summed E-state index contributed by atoms with van der Waals surface area (Å²) in [7, 11) is 0. The van der Waals surface area contributed by atoms with Crippen LogP contribution in [0.2, 0.25) is 5.02 Å². The molecule has 1 unspecified atom stereocenters. The van der Waals surface area contributed by atoms with Gasteiger partial charge < -0.3 is 10.6 Å². The van der Waals surface area contributed by atoms with Gasteiger partial charge in [-0.25, -0.2) is 4.79 Å². The second kappa shape index (κ2) is 6.93. The molecule has 3 amide bonds. The topological polar surface area (TPSA) is 61.4 Å².